The number of piperazine rings is 1. The molecule has 0 spiro atoms. The summed E-state index contributed by atoms with van der Waals surface area (Å²) >= 11 is 0. The Morgan fingerprint density at radius 2 is 1.91 bits per heavy atom. The van der Waals surface area contributed by atoms with Crippen molar-refractivity contribution in [3.8, 4) is 5.75 Å². The molecule has 32 heavy (non-hydrogen) atoms. The first-order valence-corrected chi connectivity index (χ1v) is 11.2. The van der Waals surface area contributed by atoms with E-state index in [0.717, 1.165) is 37.4 Å². The number of benzene rings is 1. The Morgan fingerprint density at radius 1 is 1.12 bits per heavy atom. The molecule has 0 radical (unpaired) electrons. The van der Waals surface area contributed by atoms with Crippen LogP contribution in [-0.2, 0) is 4.79 Å². The summed E-state index contributed by atoms with van der Waals surface area (Å²) in [5.41, 5.74) is 0.996. The predicted octanol–water partition coefficient (Wildman–Crippen LogP) is 3.39. The molecule has 0 unspecified atom stereocenters. The van der Waals surface area contributed by atoms with E-state index in [1.165, 1.54) is 6.26 Å². The van der Waals surface area contributed by atoms with Gasteiger partial charge in [0.25, 0.3) is 5.91 Å². The Labute approximate surface area is 190 Å². The number of methoxy groups -OCH3 is 1. The molecule has 0 N–H and O–H groups in total. The van der Waals surface area contributed by atoms with Crippen LogP contribution in [0.1, 0.15) is 35.9 Å². The van der Waals surface area contributed by atoms with Gasteiger partial charge in [0.2, 0.25) is 5.91 Å². The number of nitrogens with zero attached hydrogens (tertiary/aromatic N) is 3. The van der Waals surface area contributed by atoms with E-state index >= 15 is 0 Å². The topological polar surface area (TPSA) is 66.2 Å². The van der Waals surface area contributed by atoms with Gasteiger partial charge in [-0.2, -0.15) is 0 Å². The average molecular weight is 440 g/mol. The van der Waals surface area contributed by atoms with Crippen LogP contribution in [0.4, 0.5) is 0 Å². The lowest BCUT2D eigenvalue weighted by Crippen LogP contribution is -2.50. The molecule has 2 aromatic rings. The van der Waals surface area contributed by atoms with Crippen molar-refractivity contribution >= 4 is 17.9 Å². The number of furan rings is 1. The van der Waals surface area contributed by atoms with E-state index in [1.807, 2.05) is 53.1 Å². The molecular weight excluding hydrogens is 406 g/mol. The number of amides is 2. The zero-order chi connectivity index (χ0) is 22.8. The Kier molecular flexibility index (Phi) is 8.92. The van der Waals surface area contributed by atoms with Gasteiger partial charge in [-0.15, -0.1) is 0 Å². The van der Waals surface area contributed by atoms with Gasteiger partial charge in [-0.3, -0.25) is 14.5 Å². The molecule has 172 valence electrons. The molecule has 1 aromatic heterocycles. The highest BCUT2D eigenvalue weighted by Crippen LogP contribution is 2.18. The van der Waals surface area contributed by atoms with E-state index in [0.29, 0.717) is 38.4 Å². The minimum atomic E-state index is -0.0594. The summed E-state index contributed by atoms with van der Waals surface area (Å²) < 4.78 is 10.6. The summed E-state index contributed by atoms with van der Waals surface area (Å²) in [6.45, 7) is 6.96. The van der Waals surface area contributed by atoms with Crippen LogP contribution < -0.4 is 4.74 Å². The molecule has 1 aromatic carbocycles. The highest BCUT2D eigenvalue weighted by Gasteiger charge is 2.24. The normalized spacial score (nSPS) is 14.6. The van der Waals surface area contributed by atoms with Crippen molar-refractivity contribution in [2.75, 3.05) is 52.9 Å². The third-order valence-corrected chi connectivity index (χ3v) is 5.66. The van der Waals surface area contributed by atoms with Gasteiger partial charge in [-0.1, -0.05) is 37.3 Å². The van der Waals surface area contributed by atoms with Crippen LogP contribution >= 0.6 is 0 Å². The number of para-hydroxylation sites is 1. The Balaban J connectivity index is 1.51. The number of carbonyl (C=O) groups is 2. The monoisotopic (exact) mass is 439 g/mol. The average Bonchev–Trinajstić information content (AvgIpc) is 3.36. The number of carbonyl (C=O) groups excluding carboxylic acids is 2. The van der Waals surface area contributed by atoms with Gasteiger partial charge in [0.1, 0.15) is 5.75 Å². The van der Waals surface area contributed by atoms with Crippen molar-refractivity contribution < 1.29 is 18.7 Å². The predicted molar refractivity (Wildman–Crippen MR) is 125 cm³/mol. The lowest BCUT2D eigenvalue weighted by Gasteiger charge is -2.35. The smallest absolute Gasteiger partial charge is 0.289 e. The van der Waals surface area contributed by atoms with Crippen molar-refractivity contribution in [2.45, 2.75) is 19.8 Å². The molecule has 7 nitrogen and oxygen atoms in total. The molecule has 0 aliphatic carbocycles. The lowest BCUT2D eigenvalue weighted by atomic mass is 10.2. The standard InChI is InChI=1S/C25H33N3O4/c1-3-8-24(29)27(13-6-10-21-9-4-5-11-22(21)31-2)17-14-26-15-18-28(19-16-26)25(30)23-12-7-20-32-23/h4-7,9-12,20H,3,8,13-19H2,1-2H3/b10-6+. The van der Waals surface area contributed by atoms with Crippen molar-refractivity contribution in [2.24, 2.45) is 0 Å². The van der Waals surface area contributed by atoms with Crippen LogP contribution in [0, 0.1) is 0 Å². The van der Waals surface area contributed by atoms with Gasteiger partial charge in [-0.05, 0) is 24.6 Å². The maximum absolute atomic E-state index is 12.6. The van der Waals surface area contributed by atoms with Crippen molar-refractivity contribution in [1.82, 2.24) is 14.7 Å². The fraction of sp³-hybridized carbons (Fsp3) is 0.440. The number of rotatable bonds is 10. The second-order valence-corrected chi connectivity index (χ2v) is 7.85. The van der Waals surface area contributed by atoms with E-state index in [9.17, 15) is 9.59 Å². The van der Waals surface area contributed by atoms with Crippen molar-refractivity contribution in [3.63, 3.8) is 0 Å². The summed E-state index contributed by atoms with van der Waals surface area (Å²) in [6.07, 6.45) is 6.93. The third-order valence-electron chi connectivity index (χ3n) is 5.66. The Hall–Kier alpha value is -3.06. The van der Waals surface area contributed by atoms with E-state index in [-0.39, 0.29) is 11.8 Å². The van der Waals surface area contributed by atoms with Gasteiger partial charge < -0.3 is 19.0 Å². The molecule has 1 saturated heterocycles. The quantitative estimate of drug-likeness (QED) is 0.568. The Morgan fingerprint density at radius 3 is 2.59 bits per heavy atom. The molecule has 2 heterocycles. The molecule has 0 bridgehead atoms. The molecule has 1 aliphatic rings. The van der Waals surface area contributed by atoms with Gasteiger partial charge in [0.05, 0.1) is 13.4 Å². The van der Waals surface area contributed by atoms with Crippen LogP contribution in [0.2, 0.25) is 0 Å². The zero-order valence-electron chi connectivity index (χ0n) is 19.0. The first-order chi connectivity index (χ1) is 15.6. The SMILES string of the molecule is CCCC(=O)N(C/C=C/c1ccccc1OC)CCN1CCN(C(=O)c2ccco2)CC1. The first-order valence-electron chi connectivity index (χ1n) is 11.2. The van der Waals surface area contributed by atoms with E-state index in [4.69, 9.17) is 9.15 Å². The van der Waals surface area contributed by atoms with Gasteiger partial charge >= 0.3 is 0 Å². The highest BCUT2D eigenvalue weighted by atomic mass is 16.5. The van der Waals surface area contributed by atoms with Crippen LogP contribution in [0.15, 0.2) is 53.2 Å². The first kappa shape index (κ1) is 23.6. The van der Waals surface area contributed by atoms with Gasteiger partial charge in [0.15, 0.2) is 5.76 Å². The molecule has 7 heteroatoms. The molecule has 0 saturated carbocycles. The second kappa shape index (κ2) is 12.1. The summed E-state index contributed by atoms with van der Waals surface area (Å²) in [5.74, 6) is 1.31. The lowest BCUT2D eigenvalue weighted by molar-refractivity contribution is -0.131. The maximum Gasteiger partial charge on any atom is 0.289 e. The molecule has 0 atom stereocenters. The molecule has 3 rings (SSSR count). The van der Waals surface area contributed by atoms with Crippen LogP contribution in [0.3, 0.4) is 0 Å². The minimum absolute atomic E-state index is 0.0594. The fourth-order valence-electron chi connectivity index (χ4n) is 3.79. The zero-order valence-corrected chi connectivity index (χ0v) is 19.0. The summed E-state index contributed by atoms with van der Waals surface area (Å²) in [6, 6.07) is 11.3. The number of ether oxygens (including phenoxy) is 1. The summed E-state index contributed by atoms with van der Waals surface area (Å²) in [5, 5.41) is 0. The van der Waals surface area contributed by atoms with Gasteiger partial charge in [0, 0.05) is 57.8 Å². The molecule has 1 fully saturated rings. The summed E-state index contributed by atoms with van der Waals surface area (Å²) in [7, 11) is 1.66. The fourth-order valence-corrected chi connectivity index (χ4v) is 3.79. The van der Waals surface area contributed by atoms with E-state index in [1.54, 1.807) is 19.2 Å². The highest BCUT2D eigenvalue weighted by molar-refractivity contribution is 5.91. The number of hydrogen-bond acceptors (Lipinski definition) is 5. The largest absolute Gasteiger partial charge is 0.496 e. The van der Waals surface area contributed by atoms with Crippen LogP contribution in [0.25, 0.3) is 6.08 Å². The van der Waals surface area contributed by atoms with E-state index in [2.05, 4.69) is 4.90 Å². The minimum Gasteiger partial charge on any atom is -0.496 e. The van der Waals surface area contributed by atoms with Gasteiger partial charge in [-0.25, -0.2) is 0 Å². The van der Waals surface area contributed by atoms with E-state index < -0.39 is 0 Å². The maximum atomic E-state index is 12.6. The molecule has 1 aliphatic heterocycles. The van der Waals surface area contributed by atoms with Crippen LogP contribution in [-0.4, -0.2) is 79.4 Å². The number of hydrogen-bond donors (Lipinski definition) is 0. The third kappa shape index (κ3) is 6.47. The molecular formula is C25H33N3O4. The summed E-state index contributed by atoms with van der Waals surface area (Å²) in [4.78, 5) is 31.1. The molecule has 2 amide bonds. The Bertz CT molecular complexity index is 886. The van der Waals surface area contributed by atoms with Crippen molar-refractivity contribution in [3.05, 3.63) is 60.1 Å². The van der Waals surface area contributed by atoms with Crippen molar-refractivity contribution in [1.29, 1.82) is 0 Å². The van der Waals surface area contributed by atoms with Crippen LogP contribution in [0.5, 0.6) is 5.75 Å². The second-order valence-electron chi connectivity index (χ2n) is 7.85.